The Morgan fingerprint density at radius 1 is 1.08 bits per heavy atom. The van der Waals surface area contributed by atoms with E-state index < -0.39 is 5.60 Å². The van der Waals surface area contributed by atoms with Crippen LogP contribution in [0.1, 0.15) is 24.0 Å². The van der Waals surface area contributed by atoms with Crippen LogP contribution >= 0.6 is 0 Å². The molecule has 2 aromatic rings. The summed E-state index contributed by atoms with van der Waals surface area (Å²) in [4.78, 5) is 0. The van der Waals surface area contributed by atoms with Crippen molar-refractivity contribution in [2.75, 3.05) is 7.11 Å². The normalized spacial score (nSPS) is 26.7. The van der Waals surface area contributed by atoms with Crippen LogP contribution in [-0.2, 0) is 22.3 Å². The van der Waals surface area contributed by atoms with E-state index in [0.717, 1.165) is 18.4 Å². The molecule has 1 aliphatic rings. The van der Waals surface area contributed by atoms with E-state index in [1.165, 1.54) is 5.56 Å². The van der Waals surface area contributed by atoms with Gasteiger partial charge < -0.3 is 9.47 Å². The molecular weight excluding hydrogens is 298 g/mol. The molecule has 3 nitrogen and oxygen atoms in total. The molecule has 1 aliphatic heterocycles. The number of hydrogen-bond donors (Lipinski definition) is 0. The van der Waals surface area contributed by atoms with Crippen molar-refractivity contribution in [2.45, 2.75) is 43.5 Å². The fourth-order valence-corrected chi connectivity index (χ4v) is 3.49. The van der Waals surface area contributed by atoms with E-state index >= 15 is 0 Å². The number of hydrogen-bond acceptors (Lipinski definition) is 3. The Bertz CT molecular complexity index is 680. The van der Waals surface area contributed by atoms with Gasteiger partial charge in [0, 0.05) is 26.4 Å². The Kier molecular flexibility index (Phi) is 5.30. The van der Waals surface area contributed by atoms with E-state index in [2.05, 4.69) is 18.2 Å². The first-order chi connectivity index (χ1) is 11.7. The highest BCUT2D eigenvalue weighted by atomic mass is 16.5. The van der Waals surface area contributed by atoms with Crippen LogP contribution in [0.3, 0.4) is 0 Å². The number of methoxy groups -OCH3 is 1. The maximum Gasteiger partial charge on any atom is 0.161 e. The van der Waals surface area contributed by atoms with Gasteiger partial charge in [0.15, 0.2) is 5.60 Å². The second-order valence-electron chi connectivity index (χ2n) is 6.50. The van der Waals surface area contributed by atoms with Crippen LogP contribution in [0.2, 0.25) is 0 Å². The number of benzene rings is 2. The summed E-state index contributed by atoms with van der Waals surface area (Å²) in [5.74, 6) is 0. The van der Waals surface area contributed by atoms with Crippen LogP contribution in [0, 0.1) is 11.3 Å². The van der Waals surface area contributed by atoms with Gasteiger partial charge in [0.1, 0.15) is 0 Å². The van der Waals surface area contributed by atoms with Gasteiger partial charge in [-0.15, -0.1) is 0 Å². The predicted molar refractivity (Wildman–Crippen MR) is 93.5 cm³/mol. The molecule has 3 atom stereocenters. The zero-order chi connectivity index (χ0) is 16.8. The molecule has 0 aliphatic carbocycles. The molecule has 1 saturated heterocycles. The average Bonchev–Trinajstić information content (AvgIpc) is 2.63. The summed E-state index contributed by atoms with van der Waals surface area (Å²) in [5.41, 5.74) is 1.53. The molecule has 0 saturated carbocycles. The largest absolute Gasteiger partial charge is 0.381 e. The van der Waals surface area contributed by atoms with Crippen molar-refractivity contribution in [3.8, 4) is 6.07 Å². The SMILES string of the molecule is CO[C@@H]1C[C@@H](Cc2ccccc2)OC(C#N)(Cc2ccccc2)C1. The fraction of sp³-hybridized carbons (Fsp3) is 0.381. The van der Waals surface area contributed by atoms with Crippen LogP contribution in [0.15, 0.2) is 60.7 Å². The highest BCUT2D eigenvalue weighted by molar-refractivity contribution is 5.22. The number of nitriles is 1. The molecule has 1 heterocycles. The van der Waals surface area contributed by atoms with E-state index in [-0.39, 0.29) is 12.2 Å². The molecule has 3 rings (SSSR count). The Balaban J connectivity index is 1.79. The maximum atomic E-state index is 9.87. The third kappa shape index (κ3) is 4.03. The molecular formula is C21H23NO2. The minimum Gasteiger partial charge on any atom is -0.381 e. The molecule has 24 heavy (non-hydrogen) atoms. The summed E-state index contributed by atoms with van der Waals surface area (Å²) >= 11 is 0. The molecule has 1 fully saturated rings. The van der Waals surface area contributed by atoms with Gasteiger partial charge in [0.05, 0.1) is 18.3 Å². The van der Waals surface area contributed by atoms with Crippen LogP contribution in [0.5, 0.6) is 0 Å². The van der Waals surface area contributed by atoms with Crippen LogP contribution in [0.25, 0.3) is 0 Å². The zero-order valence-electron chi connectivity index (χ0n) is 14.0. The number of ether oxygens (including phenoxy) is 2. The summed E-state index contributed by atoms with van der Waals surface area (Å²) in [6.07, 6.45) is 2.88. The number of nitrogens with zero attached hydrogens (tertiary/aromatic N) is 1. The van der Waals surface area contributed by atoms with Crippen molar-refractivity contribution in [3.05, 3.63) is 71.8 Å². The van der Waals surface area contributed by atoms with Gasteiger partial charge in [0.25, 0.3) is 0 Å². The van der Waals surface area contributed by atoms with Gasteiger partial charge in [-0.2, -0.15) is 5.26 Å². The molecule has 0 amide bonds. The molecule has 0 radical (unpaired) electrons. The summed E-state index contributed by atoms with van der Waals surface area (Å²) in [6, 6.07) is 22.8. The third-order valence-electron chi connectivity index (χ3n) is 4.65. The van der Waals surface area contributed by atoms with E-state index in [1.54, 1.807) is 7.11 Å². The summed E-state index contributed by atoms with van der Waals surface area (Å²) in [5, 5.41) is 9.87. The van der Waals surface area contributed by atoms with E-state index in [0.29, 0.717) is 12.8 Å². The van der Waals surface area contributed by atoms with Crippen molar-refractivity contribution in [3.63, 3.8) is 0 Å². The van der Waals surface area contributed by atoms with Crippen molar-refractivity contribution in [2.24, 2.45) is 0 Å². The highest BCUT2D eigenvalue weighted by Crippen LogP contribution is 2.34. The van der Waals surface area contributed by atoms with Crippen LogP contribution in [0.4, 0.5) is 0 Å². The second-order valence-corrected chi connectivity index (χ2v) is 6.50. The van der Waals surface area contributed by atoms with Crippen molar-refractivity contribution < 1.29 is 9.47 Å². The smallest absolute Gasteiger partial charge is 0.161 e. The molecule has 124 valence electrons. The van der Waals surface area contributed by atoms with Crippen molar-refractivity contribution in [1.29, 1.82) is 5.26 Å². The average molecular weight is 321 g/mol. The Hall–Kier alpha value is -2.15. The second kappa shape index (κ2) is 7.61. The lowest BCUT2D eigenvalue weighted by Crippen LogP contribution is -2.48. The first-order valence-electron chi connectivity index (χ1n) is 8.43. The molecule has 0 spiro atoms. The molecule has 3 heteroatoms. The van der Waals surface area contributed by atoms with Gasteiger partial charge in [-0.05, 0) is 17.5 Å². The van der Waals surface area contributed by atoms with Gasteiger partial charge in [-0.3, -0.25) is 0 Å². The molecule has 0 aromatic heterocycles. The quantitative estimate of drug-likeness (QED) is 0.838. The minimum atomic E-state index is -0.820. The minimum absolute atomic E-state index is 0.00513. The van der Waals surface area contributed by atoms with Crippen molar-refractivity contribution >= 4 is 0 Å². The van der Waals surface area contributed by atoms with Gasteiger partial charge in [-0.25, -0.2) is 0 Å². The van der Waals surface area contributed by atoms with Crippen LogP contribution < -0.4 is 0 Å². The highest BCUT2D eigenvalue weighted by Gasteiger charge is 2.42. The fourth-order valence-electron chi connectivity index (χ4n) is 3.49. The van der Waals surface area contributed by atoms with E-state index in [9.17, 15) is 5.26 Å². The number of rotatable bonds is 5. The van der Waals surface area contributed by atoms with Crippen molar-refractivity contribution in [1.82, 2.24) is 0 Å². The topological polar surface area (TPSA) is 42.2 Å². The van der Waals surface area contributed by atoms with E-state index in [1.807, 2.05) is 48.5 Å². The van der Waals surface area contributed by atoms with Gasteiger partial charge in [-0.1, -0.05) is 60.7 Å². The summed E-state index contributed by atoms with van der Waals surface area (Å²) < 4.78 is 11.9. The lowest BCUT2D eigenvalue weighted by atomic mass is 9.84. The lowest BCUT2D eigenvalue weighted by molar-refractivity contribution is -0.139. The van der Waals surface area contributed by atoms with Gasteiger partial charge >= 0.3 is 0 Å². The molecule has 1 unspecified atom stereocenters. The van der Waals surface area contributed by atoms with Crippen LogP contribution in [-0.4, -0.2) is 24.9 Å². The predicted octanol–water partition coefficient (Wildman–Crippen LogP) is 3.93. The van der Waals surface area contributed by atoms with Gasteiger partial charge in [0.2, 0.25) is 0 Å². The third-order valence-corrected chi connectivity index (χ3v) is 4.65. The first kappa shape index (κ1) is 16.7. The first-order valence-corrected chi connectivity index (χ1v) is 8.43. The molecule has 2 aromatic carbocycles. The standard InChI is InChI=1S/C21H23NO2/c1-23-20-13-19(12-17-8-4-2-5-9-17)24-21(15-20,16-22)14-18-10-6-3-7-11-18/h2-11,19-20H,12-15H2,1H3/t19-,20-,21?/m1/s1. The van der Waals surface area contributed by atoms with E-state index in [4.69, 9.17) is 9.47 Å². The zero-order valence-corrected chi connectivity index (χ0v) is 14.0. The maximum absolute atomic E-state index is 9.87. The summed E-state index contributed by atoms with van der Waals surface area (Å²) in [6.45, 7) is 0. The monoisotopic (exact) mass is 321 g/mol. The molecule has 0 N–H and O–H groups in total. The lowest BCUT2D eigenvalue weighted by Gasteiger charge is -2.40. The summed E-state index contributed by atoms with van der Waals surface area (Å²) in [7, 11) is 1.72. The Labute approximate surface area is 143 Å². The molecule has 0 bridgehead atoms. The Morgan fingerprint density at radius 2 is 1.71 bits per heavy atom. The Morgan fingerprint density at radius 3 is 2.29 bits per heavy atom.